The quantitative estimate of drug-likeness (QED) is 0.783. The maximum absolute atomic E-state index is 12.4. The van der Waals surface area contributed by atoms with E-state index < -0.39 is 0 Å². The molecule has 2 N–H and O–H groups in total. The van der Waals surface area contributed by atoms with E-state index in [0.29, 0.717) is 47.2 Å². The summed E-state index contributed by atoms with van der Waals surface area (Å²) in [4.78, 5) is 25.6. The fraction of sp³-hybridized carbons (Fsp3) is 0.389. The average molecular weight is 374 g/mol. The van der Waals surface area contributed by atoms with Crippen molar-refractivity contribution in [2.75, 3.05) is 34.9 Å². The Morgan fingerprint density at radius 2 is 1.85 bits per heavy atom. The molecule has 1 aliphatic rings. The van der Waals surface area contributed by atoms with Gasteiger partial charge in [-0.1, -0.05) is 0 Å². The first kappa shape index (κ1) is 18.6. The fourth-order valence-corrected chi connectivity index (χ4v) is 3.04. The van der Waals surface area contributed by atoms with Crippen LogP contribution in [0.3, 0.4) is 0 Å². The van der Waals surface area contributed by atoms with Crippen LogP contribution >= 0.6 is 0 Å². The van der Waals surface area contributed by atoms with Gasteiger partial charge in [-0.25, -0.2) is 0 Å². The molecule has 1 atom stereocenters. The van der Waals surface area contributed by atoms with Gasteiger partial charge in [0.25, 0.3) is 5.91 Å². The number of nitrogens with zero attached hydrogens (tertiary/aromatic N) is 2. The number of amides is 2. The van der Waals surface area contributed by atoms with E-state index in [9.17, 15) is 9.59 Å². The third-order valence-corrected chi connectivity index (χ3v) is 4.46. The van der Waals surface area contributed by atoms with E-state index >= 15 is 0 Å². The van der Waals surface area contributed by atoms with Gasteiger partial charge in [0, 0.05) is 25.6 Å². The van der Waals surface area contributed by atoms with Gasteiger partial charge in [-0.15, -0.1) is 0 Å². The van der Waals surface area contributed by atoms with Gasteiger partial charge in [-0.3, -0.25) is 14.7 Å². The zero-order valence-electron chi connectivity index (χ0n) is 15.7. The molecule has 1 aliphatic heterocycles. The summed E-state index contributed by atoms with van der Waals surface area (Å²) in [6.07, 6.45) is 0.302. The largest absolute Gasteiger partial charge is 0.493 e. The van der Waals surface area contributed by atoms with Gasteiger partial charge in [0.2, 0.25) is 11.7 Å². The molecule has 9 nitrogen and oxygen atoms in total. The zero-order chi connectivity index (χ0) is 19.6. The van der Waals surface area contributed by atoms with Crippen molar-refractivity contribution in [1.82, 2.24) is 20.4 Å². The molecule has 1 saturated heterocycles. The summed E-state index contributed by atoms with van der Waals surface area (Å²) in [5.74, 6) is 1.17. The first-order valence-corrected chi connectivity index (χ1v) is 8.37. The van der Waals surface area contributed by atoms with Crippen LogP contribution in [0.2, 0.25) is 0 Å². The molecule has 0 radical (unpaired) electrons. The third-order valence-electron chi connectivity index (χ3n) is 4.46. The highest BCUT2D eigenvalue weighted by atomic mass is 16.5. The molecule has 1 aromatic heterocycles. The minimum absolute atomic E-state index is 0.0167. The SMILES string of the molecule is COc1cc(-c2cc(C(=O)N[C@@H]3CC(=O)N(C)C3)[nH]n2)cc(OC)c1OC. The van der Waals surface area contributed by atoms with Gasteiger partial charge in [-0.2, -0.15) is 5.10 Å². The first-order chi connectivity index (χ1) is 13.0. The van der Waals surface area contributed by atoms with Crippen LogP contribution in [-0.2, 0) is 4.79 Å². The second-order valence-electron chi connectivity index (χ2n) is 6.23. The monoisotopic (exact) mass is 374 g/mol. The molecule has 2 heterocycles. The van der Waals surface area contributed by atoms with Crippen LogP contribution in [0.5, 0.6) is 17.2 Å². The topological polar surface area (TPSA) is 106 Å². The Morgan fingerprint density at radius 3 is 2.37 bits per heavy atom. The Balaban J connectivity index is 1.81. The van der Waals surface area contributed by atoms with E-state index in [1.165, 1.54) is 21.3 Å². The summed E-state index contributed by atoms with van der Waals surface area (Å²) in [5.41, 5.74) is 1.57. The maximum Gasteiger partial charge on any atom is 0.269 e. The van der Waals surface area contributed by atoms with E-state index in [4.69, 9.17) is 14.2 Å². The fourth-order valence-electron chi connectivity index (χ4n) is 3.04. The van der Waals surface area contributed by atoms with Crippen molar-refractivity contribution in [3.8, 4) is 28.5 Å². The van der Waals surface area contributed by atoms with E-state index in [1.807, 2.05) is 0 Å². The first-order valence-electron chi connectivity index (χ1n) is 8.37. The van der Waals surface area contributed by atoms with Crippen molar-refractivity contribution in [3.63, 3.8) is 0 Å². The van der Waals surface area contributed by atoms with Crippen LogP contribution in [0.4, 0.5) is 0 Å². The lowest BCUT2D eigenvalue weighted by Gasteiger charge is -2.13. The Bertz CT molecular complexity index is 838. The van der Waals surface area contributed by atoms with Gasteiger partial charge in [0.1, 0.15) is 5.69 Å². The zero-order valence-corrected chi connectivity index (χ0v) is 15.7. The molecule has 0 spiro atoms. The van der Waals surface area contributed by atoms with Crippen molar-refractivity contribution in [3.05, 3.63) is 23.9 Å². The Kier molecular flexibility index (Phi) is 5.20. The number of nitrogens with one attached hydrogen (secondary N) is 2. The third kappa shape index (κ3) is 3.67. The summed E-state index contributed by atoms with van der Waals surface area (Å²) in [6, 6.07) is 4.94. The molecule has 27 heavy (non-hydrogen) atoms. The molecule has 0 bridgehead atoms. The number of aromatic nitrogens is 2. The molecule has 9 heteroatoms. The number of hydrogen-bond acceptors (Lipinski definition) is 6. The number of hydrogen-bond donors (Lipinski definition) is 2. The van der Waals surface area contributed by atoms with E-state index in [1.54, 1.807) is 30.1 Å². The number of carbonyl (C=O) groups is 2. The van der Waals surface area contributed by atoms with E-state index in [2.05, 4.69) is 15.5 Å². The summed E-state index contributed by atoms with van der Waals surface area (Å²) < 4.78 is 16.0. The van der Waals surface area contributed by atoms with Crippen LogP contribution < -0.4 is 19.5 Å². The van der Waals surface area contributed by atoms with Crippen LogP contribution in [0.1, 0.15) is 16.9 Å². The second-order valence-corrected chi connectivity index (χ2v) is 6.23. The number of rotatable bonds is 6. The predicted molar refractivity (Wildman–Crippen MR) is 97.2 cm³/mol. The normalized spacial score (nSPS) is 16.4. The van der Waals surface area contributed by atoms with Crippen LogP contribution in [0.15, 0.2) is 18.2 Å². The van der Waals surface area contributed by atoms with Crippen molar-refractivity contribution in [2.24, 2.45) is 0 Å². The molecular weight excluding hydrogens is 352 g/mol. The number of ether oxygens (including phenoxy) is 3. The van der Waals surface area contributed by atoms with Crippen LogP contribution in [-0.4, -0.2) is 67.9 Å². The van der Waals surface area contributed by atoms with Crippen molar-refractivity contribution >= 4 is 11.8 Å². The molecule has 0 aliphatic carbocycles. The number of aromatic amines is 1. The molecule has 0 unspecified atom stereocenters. The smallest absolute Gasteiger partial charge is 0.269 e. The lowest BCUT2D eigenvalue weighted by molar-refractivity contribution is -0.126. The maximum atomic E-state index is 12.4. The van der Waals surface area contributed by atoms with Crippen molar-refractivity contribution in [1.29, 1.82) is 0 Å². The van der Waals surface area contributed by atoms with Gasteiger partial charge in [0.15, 0.2) is 11.5 Å². The lowest BCUT2D eigenvalue weighted by atomic mass is 10.1. The Labute approximate surface area is 156 Å². The van der Waals surface area contributed by atoms with Crippen molar-refractivity contribution < 1.29 is 23.8 Å². The van der Waals surface area contributed by atoms with Gasteiger partial charge < -0.3 is 24.4 Å². The van der Waals surface area contributed by atoms with Gasteiger partial charge in [0.05, 0.1) is 33.1 Å². The molecule has 1 fully saturated rings. The highest BCUT2D eigenvalue weighted by Gasteiger charge is 2.28. The van der Waals surface area contributed by atoms with Crippen LogP contribution in [0.25, 0.3) is 11.3 Å². The summed E-state index contributed by atoms with van der Waals surface area (Å²) in [6.45, 7) is 0.498. The lowest BCUT2D eigenvalue weighted by Crippen LogP contribution is -2.36. The van der Waals surface area contributed by atoms with Gasteiger partial charge in [-0.05, 0) is 18.2 Å². The highest BCUT2D eigenvalue weighted by molar-refractivity contribution is 5.94. The average Bonchev–Trinajstić information content (AvgIpc) is 3.27. The Hall–Kier alpha value is -3.23. The summed E-state index contributed by atoms with van der Waals surface area (Å²) in [5, 5.41) is 9.78. The van der Waals surface area contributed by atoms with Crippen LogP contribution in [0, 0.1) is 0 Å². The molecule has 2 aromatic rings. The van der Waals surface area contributed by atoms with Gasteiger partial charge >= 0.3 is 0 Å². The molecular formula is C18H22N4O5. The van der Waals surface area contributed by atoms with E-state index in [-0.39, 0.29) is 17.9 Å². The molecule has 144 valence electrons. The molecule has 0 saturated carbocycles. The number of carbonyl (C=O) groups excluding carboxylic acids is 2. The number of benzene rings is 1. The molecule has 3 rings (SSSR count). The minimum Gasteiger partial charge on any atom is -0.493 e. The number of H-pyrrole nitrogens is 1. The predicted octanol–water partition coefficient (Wildman–Crippen LogP) is 1.06. The number of likely N-dealkylation sites (N-methyl/N-ethyl adjacent to an activating group) is 1. The summed E-state index contributed by atoms with van der Waals surface area (Å²) in [7, 11) is 6.31. The minimum atomic E-state index is -0.311. The molecule has 2 amide bonds. The summed E-state index contributed by atoms with van der Waals surface area (Å²) >= 11 is 0. The van der Waals surface area contributed by atoms with Crippen molar-refractivity contribution in [2.45, 2.75) is 12.5 Å². The number of likely N-dealkylation sites (tertiary alicyclic amines) is 1. The Morgan fingerprint density at radius 1 is 1.19 bits per heavy atom. The highest BCUT2D eigenvalue weighted by Crippen LogP contribution is 2.40. The second kappa shape index (κ2) is 7.56. The van der Waals surface area contributed by atoms with E-state index in [0.717, 1.165) is 0 Å². The standard InChI is InChI=1S/C18H22N4O5/c1-22-9-11(7-16(22)23)19-18(24)13-8-12(20-21-13)10-5-14(25-2)17(27-4)15(6-10)26-3/h5-6,8,11H,7,9H2,1-4H3,(H,19,24)(H,20,21)/t11-/m1/s1. The number of methoxy groups -OCH3 is 3. The molecule has 1 aromatic carbocycles.